The van der Waals surface area contributed by atoms with E-state index in [0.717, 1.165) is 44.9 Å². The lowest BCUT2D eigenvalue weighted by Gasteiger charge is -2.28. The summed E-state index contributed by atoms with van der Waals surface area (Å²) in [6, 6.07) is 0. The highest BCUT2D eigenvalue weighted by Crippen LogP contribution is 2.38. The van der Waals surface area contributed by atoms with Crippen LogP contribution < -0.4 is 4.89 Å². The van der Waals surface area contributed by atoms with Gasteiger partial charge in [0, 0.05) is 12.8 Å². The first-order valence-corrected chi connectivity index (χ1v) is 32.7. The average Bonchev–Trinajstić information content (AvgIpc) is 3.35. The van der Waals surface area contributed by atoms with Crippen molar-refractivity contribution in [3.8, 4) is 0 Å². The third-order valence-electron chi connectivity index (χ3n) is 13.9. The van der Waals surface area contributed by atoms with Crippen molar-refractivity contribution in [2.45, 2.75) is 309 Å². The second-order valence-corrected chi connectivity index (χ2v) is 23.8. The van der Waals surface area contributed by atoms with E-state index in [0.29, 0.717) is 17.4 Å². The fraction of sp³-hybridized carbons (Fsp3) is 0.873. The number of carbonyl (C=O) groups is 2. The molecule has 0 aromatic carbocycles. The van der Waals surface area contributed by atoms with Gasteiger partial charge in [0.15, 0.2) is 6.10 Å². The number of hydrogen-bond acceptors (Lipinski definition) is 8. The first-order valence-electron chi connectivity index (χ1n) is 31.2. The highest BCUT2D eigenvalue weighted by molar-refractivity contribution is 7.45. The monoisotopic (exact) mass is 1050 g/mol. The average molecular weight is 1050 g/mol. The lowest BCUT2D eigenvalue weighted by Crippen LogP contribution is -2.37. The van der Waals surface area contributed by atoms with Crippen LogP contribution in [0.1, 0.15) is 303 Å². The Balaban J connectivity index is 3.76. The quantitative estimate of drug-likeness (QED) is 0.0195. The number of allylic oxidation sites excluding steroid dienone is 6. The van der Waals surface area contributed by atoms with Crippen LogP contribution in [-0.2, 0) is 32.7 Å². The summed E-state index contributed by atoms with van der Waals surface area (Å²) in [5, 5.41) is 0. The van der Waals surface area contributed by atoms with Crippen molar-refractivity contribution >= 4 is 19.8 Å². The van der Waals surface area contributed by atoms with Crippen LogP contribution in [0, 0.1) is 0 Å². The van der Waals surface area contributed by atoms with Gasteiger partial charge in [-0.3, -0.25) is 14.2 Å². The molecule has 0 rings (SSSR count). The molecule has 0 aromatic rings. The number of phosphoric ester groups is 1. The van der Waals surface area contributed by atoms with Crippen LogP contribution in [0.3, 0.4) is 0 Å². The molecule has 0 heterocycles. The number of ether oxygens (including phenoxy) is 2. The SMILES string of the molecule is CCCCCCC/C=C\C/C=C\C/C=C\CCCCCCCCCCCCCCCCCCCCCCCCCCCCC(=O)OC(COC(=O)CCCCCCCCCC)COP(=O)([O-])OCC[N+](C)(C)C. The number of likely N-dealkylation sites (N-methyl/N-ethyl adjacent to an activating group) is 1. The van der Waals surface area contributed by atoms with Crippen LogP contribution in [0.2, 0.25) is 0 Å². The first kappa shape index (κ1) is 71.2. The zero-order valence-electron chi connectivity index (χ0n) is 48.9. The Morgan fingerprint density at radius 2 is 0.740 bits per heavy atom. The molecular formula is C63H120NO8P. The maximum Gasteiger partial charge on any atom is 0.306 e. The van der Waals surface area contributed by atoms with Gasteiger partial charge in [-0.2, -0.15) is 0 Å². The van der Waals surface area contributed by atoms with Gasteiger partial charge in [-0.1, -0.05) is 275 Å². The molecular weight excluding hydrogens is 930 g/mol. The molecule has 0 radical (unpaired) electrons. The molecule has 0 aliphatic rings. The normalized spacial score (nSPS) is 13.5. The number of hydrogen-bond donors (Lipinski definition) is 0. The summed E-state index contributed by atoms with van der Waals surface area (Å²) in [7, 11) is 1.18. The Labute approximate surface area is 452 Å². The molecule has 0 N–H and O–H groups in total. The van der Waals surface area contributed by atoms with Crippen molar-refractivity contribution in [3.05, 3.63) is 36.5 Å². The number of carbonyl (C=O) groups excluding carboxylic acids is 2. The molecule has 430 valence electrons. The number of quaternary nitrogens is 1. The van der Waals surface area contributed by atoms with Crippen LogP contribution in [-0.4, -0.2) is 70.0 Å². The highest BCUT2D eigenvalue weighted by Gasteiger charge is 2.22. The zero-order valence-corrected chi connectivity index (χ0v) is 49.7. The number of unbranched alkanes of at least 4 members (excludes halogenated alkanes) is 38. The van der Waals surface area contributed by atoms with E-state index >= 15 is 0 Å². The van der Waals surface area contributed by atoms with Gasteiger partial charge < -0.3 is 27.9 Å². The minimum Gasteiger partial charge on any atom is -0.756 e. The van der Waals surface area contributed by atoms with Crippen LogP contribution in [0.5, 0.6) is 0 Å². The lowest BCUT2D eigenvalue weighted by atomic mass is 10.0. The lowest BCUT2D eigenvalue weighted by molar-refractivity contribution is -0.870. The summed E-state index contributed by atoms with van der Waals surface area (Å²) in [5.74, 6) is -0.824. The van der Waals surface area contributed by atoms with Crippen LogP contribution in [0.15, 0.2) is 36.5 Å². The summed E-state index contributed by atoms with van der Waals surface area (Å²) < 4.78 is 34.0. The molecule has 0 aliphatic carbocycles. The third-order valence-corrected chi connectivity index (χ3v) is 14.9. The molecule has 10 heteroatoms. The van der Waals surface area contributed by atoms with E-state index in [2.05, 4.69) is 50.3 Å². The van der Waals surface area contributed by atoms with Crippen molar-refractivity contribution in [2.75, 3.05) is 47.5 Å². The second kappa shape index (κ2) is 55.0. The number of rotatable bonds is 58. The first-order chi connectivity index (χ1) is 35.5. The zero-order chi connectivity index (χ0) is 53.5. The fourth-order valence-electron chi connectivity index (χ4n) is 9.08. The van der Waals surface area contributed by atoms with E-state index in [4.69, 9.17) is 18.5 Å². The summed E-state index contributed by atoms with van der Waals surface area (Å²) >= 11 is 0. The topological polar surface area (TPSA) is 111 Å². The van der Waals surface area contributed by atoms with E-state index in [1.807, 2.05) is 21.1 Å². The van der Waals surface area contributed by atoms with Gasteiger partial charge in [-0.15, -0.1) is 0 Å². The Bertz CT molecular complexity index is 1330. The van der Waals surface area contributed by atoms with Gasteiger partial charge in [-0.05, 0) is 51.4 Å². The Morgan fingerprint density at radius 3 is 1.10 bits per heavy atom. The molecule has 0 fully saturated rings. The van der Waals surface area contributed by atoms with Crippen LogP contribution >= 0.6 is 7.82 Å². The Kier molecular flexibility index (Phi) is 53.7. The smallest absolute Gasteiger partial charge is 0.306 e. The maximum atomic E-state index is 12.7. The number of esters is 2. The van der Waals surface area contributed by atoms with E-state index in [9.17, 15) is 19.0 Å². The predicted octanol–water partition coefficient (Wildman–Crippen LogP) is 18.9. The van der Waals surface area contributed by atoms with Gasteiger partial charge in [0.2, 0.25) is 0 Å². The molecule has 2 unspecified atom stereocenters. The Morgan fingerprint density at radius 1 is 0.425 bits per heavy atom. The van der Waals surface area contributed by atoms with Crippen LogP contribution in [0.25, 0.3) is 0 Å². The third kappa shape index (κ3) is 59.3. The van der Waals surface area contributed by atoms with Crippen molar-refractivity contribution in [1.29, 1.82) is 0 Å². The standard InChI is InChI=1S/C63H120NO8P/c1-6-8-10-12-14-16-17-18-19-20-21-22-23-24-25-26-27-28-29-30-31-32-33-34-35-36-37-38-39-40-41-42-43-44-45-46-47-48-50-52-54-56-63(66)72-61(60-71-73(67,68)70-58-57-64(3,4)5)59-69-62(65)55-53-51-49-15-13-11-9-7-2/h17-18,20-21,23-24,61H,6-16,19,22,25-60H2,1-5H3/b18-17-,21-20-,24-23-. The molecule has 0 saturated heterocycles. The van der Waals surface area contributed by atoms with Crippen molar-refractivity contribution in [1.82, 2.24) is 0 Å². The van der Waals surface area contributed by atoms with E-state index < -0.39 is 26.5 Å². The largest absolute Gasteiger partial charge is 0.756 e. The predicted molar refractivity (Wildman–Crippen MR) is 310 cm³/mol. The van der Waals surface area contributed by atoms with Gasteiger partial charge in [0.05, 0.1) is 27.7 Å². The number of phosphoric acid groups is 1. The second-order valence-electron chi connectivity index (χ2n) is 22.4. The van der Waals surface area contributed by atoms with Crippen molar-refractivity contribution in [3.63, 3.8) is 0 Å². The summed E-state index contributed by atoms with van der Waals surface area (Å²) in [6.45, 7) is 4.22. The molecule has 0 bridgehead atoms. The van der Waals surface area contributed by atoms with E-state index in [-0.39, 0.29) is 32.0 Å². The van der Waals surface area contributed by atoms with E-state index in [1.54, 1.807) is 0 Å². The maximum absolute atomic E-state index is 12.7. The van der Waals surface area contributed by atoms with Crippen molar-refractivity contribution < 1.29 is 42.1 Å². The highest BCUT2D eigenvalue weighted by atomic mass is 31.2. The van der Waals surface area contributed by atoms with Gasteiger partial charge >= 0.3 is 11.9 Å². The summed E-state index contributed by atoms with van der Waals surface area (Å²) in [4.78, 5) is 37.6. The molecule has 0 spiro atoms. The molecule has 0 saturated carbocycles. The van der Waals surface area contributed by atoms with Crippen molar-refractivity contribution in [2.24, 2.45) is 0 Å². The molecule has 0 aromatic heterocycles. The van der Waals surface area contributed by atoms with Gasteiger partial charge in [0.1, 0.15) is 19.8 Å². The fourth-order valence-corrected chi connectivity index (χ4v) is 9.81. The molecule has 73 heavy (non-hydrogen) atoms. The van der Waals surface area contributed by atoms with Gasteiger partial charge in [-0.25, -0.2) is 0 Å². The summed E-state index contributed by atoms with van der Waals surface area (Å²) in [5.41, 5.74) is 0. The van der Waals surface area contributed by atoms with E-state index in [1.165, 1.54) is 225 Å². The minimum atomic E-state index is -4.62. The van der Waals surface area contributed by atoms with Gasteiger partial charge in [0.25, 0.3) is 7.82 Å². The van der Waals surface area contributed by atoms with Crippen LogP contribution in [0.4, 0.5) is 0 Å². The molecule has 2 atom stereocenters. The minimum absolute atomic E-state index is 0.0275. The molecule has 0 amide bonds. The summed E-state index contributed by atoms with van der Waals surface area (Å²) in [6.07, 6.45) is 68.3. The Hall–Kier alpha value is -1.77. The number of nitrogens with zero attached hydrogens (tertiary/aromatic N) is 1. The molecule has 0 aliphatic heterocycles. The molecule has 9 nitrogen and oxygen atoms in total.